The van der Waals surface area contributed by atoms with Crippen LogP contribution in [0.5, 0.6) is 0 Å². The average molecular weight is 554 g/mol. The lowest BCUT2D eigenvalue weighted by atomic mass is 10.2. The highest BCUT2D eigenvalue weighted by atomic mass is 16.7. The van der Waals surface area contributed by atoms with Crippen LogP contribution in [-0.4, -0.2) is 81.1 Å². The van der Waals surface area contributed by atoms with E-state index in [1.54, 1.807) is 29.2 Å². The number of esters is 1. The fourth-order valence-corrected chi connectivity index (χ4v) is 3.74. The van der Waals surface area contributed by atoms with Crippen molar-refractivity contribution in [3.63, 3.8) is 0 Å². The van der Waals surface area contributed by atoms with Crippen molar-refractivity contribution in [3.05, 3.63) is 65.7 Å². The first-order valence-electron chi connectivity index (χ1n) is 12.8. The number of benzene rings is 2. The van der Waals surface area contributed by atoms with Crippen molar-refractivity contribution in [2.24, 2.45) is 10.9 Å². The summed E-state index contributed by atoms with van der Waals surface area (Å²) in [5.41, 5.74) is 7.91. The number of anilines is 1. The fourth-order valence-electron chi connectivity index (χ4n) is 3.74. The Morgan fingerprint density at radius 3 is 2.48 bits per heavy atom. The van der Waals surface area contributed by atoms with Gasteiger partial charge >= 0.3 is 18.1 Å². The van der Waals surface area contributed by atoms with Gasteiger partial charge in [0, 0.05) is 37.4 Å². The Morgan fingerprint density at radius 1 is 1.05 bits per heavy atom. The summed E-state index contributed by atoms with van der Waals surface area (Å²) in [6.45, 7) is 1.71. The Morgan fingerprint density at radius 2 is 1.77 bits per heavy atom. The van der Waals surface area contributed by atoms with Crippen LogP contribution in [0.1, 0.15) is 24.0 Å². The van der Waals surface area contributed by atoms with Crippen molar-refractivity contribution >= 4 is 35.5 Å². The highest BCUT2D eigenvalue weighted by Gasteiger charge is 2.33. The number of hydrogen-bond donors (Lipinski definition) is 4. The second-order valence-electron chi connectivity index (χ2n) is 9.26. The number of nitrogens with two attached hydrogens (primary N) is 1. The highest BCUT2D eigenvalue weighted by molar-refractivity contribution is 6.02. The lowest BCUT2D eigenvalue weighted by Crippen LogP contribution is -2.46. The van der Waals surface area contributed by atoms with E-state index in [1.165, 1.54) is 0 Å². The summed E-state index contributed by atoms with van der Waals surface area (Å²) < 4.78 is 5.18. The molecule has 0 bridgehead atoms. The summed E-state index contributed by atoms with van der Waals surface area (Å²) in [6, 6.07) is 14.7. The van der Waals surface area contributed by atoms with Gasteiger partial charge in [-0.05, 0) is 50.3 Å². The van der Waals surface area contributed by atoms with Crippen molar-refractivity contribution in [3.8, 4) is 0 Å². The molecule has 214 valence electrons. The number of ether oxygens (including phenoxy) is 1. The van der Waals surface area contributed by atoms with Gasteiger partial charge in [0.1, 0.15) is 12.6 Å². The third-order valence-corrected chi connectivity index (χ3v) is 5.90. The molecule has 0 unspecified atom stereocenters. The predicted molar refractivity (Wildman–Crippen MR) is 148 cm³/mol. The molecule has 1 aliphatic heterocycles. The van der Waals surface area contributed by atoms with Crippen LogP contribution in [0.3, 0.4) is 0 Å². The maximum atomic E-state index is 12.9. The summed E-state index contributed by atoms with van der Waals surface area (Å²) >= 11 is 0. The van der Waals surface area contributed by atoms with Crippen molar-refractivity contribution in [2.75, 3.05) is 45.2 Å². The van der Waals surface area contributed by atoms with Gasteiger partial charge in [-0.3, -0.25) is 14.4 Å². The van der Waals surface area contributed by atoms with Crippen LogP contribution in [0.15, 0.2) is 59.8 Å². The first-order valence-corrected chi connectivity index (χ1v) is 12.8. The van der Waals surface area contributed by atoms with E-state index in [9.17, 15) is 19.2 Å². The first-order chi connectivity index (χ1) is 19.2. The number of oxime groups is 1. The van der Waals surface area contributed by atoms with Crippen molar-refractivity contribution in [1.82, 2.24) is 20.9 Å². The van der Waals surface area contributed by atoms with Crippen LogP contribution >= 0.6 is 0 Å². The van der Waals surface area contributed by atoms with Gasteiger partial charge in [0.25, 0.3) is 0 Å². The second-order valence-corrected chi connectivity index (χ2v) is 9.26. The lowest BCUT2D eigenvalue weighted by Gasteiger charge is -2.18. The lowest BCUT2D eigenvalue weighted by molar-refractivity contribution is -0.144. The van der Waals surface area contributed by atoms with E-state index in [4.69, 9.17) is 15.3 Å². The molecule has 3 rings (SSSR count). The number of nitrogens with one attached hydrogen (secondary N) is 3. The molecule has 1 heterocycles. The molecule has 1 atom stereocenters. The average Bonchev–Trinajstić information content (AvgIpc) is 3.30. The van der Waals surface area contributed by atoms with Gasteiger partial charge in [-0.2, -0.15) is 0 Å². The van der Waals surface area contributed by atoms with E-state index < -0.39 is 24.1 Å². The van der Waals surface area contributed by atoms with E-state index in [0.29, 0.717) is 37.3 Å². The van der Waals surface area contributed by atoms with Gasteiger partial charge in [-0.15, -0.1) is 0 Å². The van der Waals surface area contributed by atoms with Crippen LogP contribution < -0.4 is 26.6 Å². The molecule has 0 radical (unpaired) electrons. The molecule has 0 saturated carbocycles. The number of urea groups is 1. The molecule has 4 amide bonds. The highest BCUT2D eigenvalue weighted by Crippen LogP contribution is 2.22. The quantitative estimate of drug-likeness (QED) is 0.0997. The van der Waals surface area contributed by atoms with Gasteiger partial charge in [0.15, 0.2) is 5.84 Å². The number of amides is 4. The monoisotopic (exact) mass is 553 g/mol. The minimum absolute atomic E-state index is 0.00206. The summed E-state index contributed by atoms with van der Waals surface area (Å²) in [5.74, 6) is -0.692. The number of carbonyl (C=O) groups excluding carboxylic acids is 4. The van der Waals surface area contributed by atoms with Gasteiger partial charge < -0.3 is 36.2 Å². The van der Waals surface area contributed by atoms with Gasteiger partial charge in [-0.25, -0.2) is 9.59 Å². The van der Waals surface area contributed by atoms with Crippen LogP contribution in [-0.2, 0) is 25.8 Å². The first kappa shape index (κ1) is 29.9. The SMILES string of the molecule is CN(C)CCNC(=O)ON=C(N)c1ccc(N2CC[C@H](NC(=O)NCCC(=O)OCc3ccccc3)C2=O)cc1. The van der Waals surface area contributed by atoms with Gasteiger partial charge in [0.2, 0.25) is 5.91 Å². The number of rotatable bonds is 12. The second kappa shape index (κ2) is 15.1. The van der Waals surface area contributed by atoms with E-state index in [2.05, 4.69) is 21.1 Å². The minimum Gasteiger partial charge on any atom is -0.461 e. The standard InChI is InChI=1S/C27H35N7O6/c1-33(2)17-15-30-27(38)40-32-24(28)20-8-10-21(11-9-20)34-16-13-22(25(34)36)31-26(37)29-14-12-23(35)39-18-19-6-4-3-5-7-19/h3-11,22H,12-18H2,1-2H3,(H2,28,32)(H,30,38)(H2,29,31,37)/t22-/m0/s1. The molecule has 5 N–H and O–H groups in total. The summed E-state index contributed by atoms with van der Waals surface area (Å²) in [5, 5.41) is 11.4. The molecule has 40 heavy (non-hydrogen) atoms. The molecule has 1 fully saturated rings. The molecule has 2 aromatic carbocycles. The summed E-state index contributed by atoms with van der Waals surface area (Å²) in [4.78, 5) is 56.9. The van der Waals surface area contributed by atoms with Gasteiger partial charge in [0.05, 0.1) is 6.42 Å². The number of amidine groups is 1. The third kappa shape index (κ3) is 9.58. The number of likely N-dealkylation sites (N-methyl/N-ethyl adjacent to an activating group) is 1. The zero-order chi connectivity index (χ0) is 28.9. The molecule has 1 aliphatic rings. The Balaban J connectivity index is 1.39. The summed E-state index contributed by atoms with van der Waals surface area (Å²) in [6.07, 6.45) is -0.279. The minimum atomic E-state index is -0.713. The fraction of sp³-hybridized carbons (Fsp3) is 0.370. The number of carbonyl (C=O) groups is 4. The molecule has 0 aliphatic carbocycles. The Labute approximate surface area is 232 Å². The molecular formula is C27H35N7O6. The van der Waals surface area contributed by atoms with Crippen LogP contribution in [0.2, 0.25) is 0 Å². The van der Waals surface area contributed by atoms with Crippen molar-refractivity contribution in [1.29, 1.82) is 0 Å². The Bertz CT molecular complexity index is 1190. The maximum absolute atomic E-state index is 12.9. The molecule has 13 heteroatoms. The van der Waals surface area contributed by atoms with E-state index >= 15 is 0 Å². The Kier molecular flexibility index (Phi) is 11.3. The zero-order valence-electron chi connectivity index (χ0n) is 22.6. The van der Waals surface area contributed by atoms with Crippen LogP contribution in [0, 0.1) is 0 Å². The zero-order valence-corrected chi connectivity index (χ0v) is 22.6. The predicted octanol–water partition coefficient (Wildman–Crippen LogP) is 1.13. The molecule has 2 aromatic rings. The normalized spacial score (nSPS) is 15.1. The topological polar surface area (TPSA) is 168 Å². The van der Waals surface area contributed by atoms with E-state index in [-0.39, 0.29) is 31.3 Å². The largest absolute Gasteiger partial charge is 0.461 e. The van der Waals surface area contributed by atoms with Crippen molar-refractivity contribution in [2.45, 2.75) is 25.5 Å². The molecule has 0 spiro atoms. The molecule has 13 nitrogen and oxygen atoms in total. The maximum Gasteiger partial charge on any atom is 0.433 e. The third-order valence-electron chi connectivity index (χ3n) is 5.90. The Hall–Kier alpha value is -4.65. The number of hydrogen-bond acceptors (Lipinski definition) is 8. The number of nitrogens with zero attached hydrogens (tertiary/aromatic N) is 3. The van der Waals surface area contributed by atoms with Crippen molar-refractivity contribution < 1.29 is 28.8 Å². The van der Waals surface area contributed by atoms with E-state index in [1.807, 2.05) is 49.3 Å². The smallest absolute Gasteiger partial charge is 0.433 e. The van der Waals surface area contributed by atoms with Crippen LogP contribution in [0.4, 0.5) is 15.3 Å². The van der Waals surface area contributed by atoms with Crippen LogP contribution in [0.25, 0.3) is 0 Å². The van der Waals surface area contributed by atoms with E-state index in [0.717, 1.165) is 5.56 Å². The van der Waals surface area contributed by atoms with Gasteiger partial charge in [-0.1, -0.05) is 35.5 Å². The molecular weight excluding hydrogens is 518 g/mol. The molecule has 1 saturated heterocycles. The molecule has 0 aromatic heterocycles. The summed E-state index contributed by atoms with van der Waals surface area (Å²) in [7, 11) is 3.76.